The van der Waals surface area contributed by atoms with Crippen LogP contribution in [0.3, 0.4) is 0 Å². The van der Waals surface area contributed by atoms with E-state index in [1.54, 1.807) is 0 Å². The fourth-order valence-electron chi connectivity index (χ4n) is 4.45. The molecule has 1 aromatic carbocycles. The molecule has 3 aliphatic rings. The number of benzene rings is 1. The normalized spacial score (nSPS) is 27.2. The highest BCUT2D eigenvalue weighted by atomic mass is 32.1. The lowest BCUT2D eigenvalue weighted by Gasteiger charge is -2.27. The molecule has 0 bridgehead atoms. The Morgan fingerprint density at radius 3 is 2.68 bits per heavy atom. The Labute approximate surface area is 153 Å². The SMILES string of the molecule is [B]C1=CC2CCC3C(c4ccc(-c5ccccc5)s4)=CN=C(C=C1)C23. The molecule has 25 heavy (non-hydrogen) atoms. The first-order chi connectivity index (χ1) is 12.3. The van der Waals surface area contributed by atoms with Crippen molar-refractivity contribution in [2.24, 2.45) is 22.7 Å². The van der Waals surface area contributed by atoms with Crippen molar-refractivity contribution in [3.8, 4) is 10.4 Å². The van der Waals surface area contributed by atoms with E-state index in [0.29, 0.717) is 17.8 Å². The fourth-order valence-corrected chi connectivity index (χ4v) is 5.54. The highest BCUT2D eigenvalue weighted by Gasteiger charge is 2.42. The zero-order valence-electron chi connectivity index (χ0n) is 13.9. The molecule has 3 atom stereocenters. The second-order valence-electron chi connectivity index (χ2n) is 7.04. The maximum atomic E-state index is 6.09. The first-order valence-corrected chi connectivity index (χ1v) is 9.70. The number of hydrogen-bond acceptors (Lipinski definition) is 2. The summed E-state index contributed by atoms with van der Waals surface area (Å²) < 4.78 is 0. The van der Waals surface area contributed by atoms with Crippen molar-refractivity contribution in [1.29, 1.82) is 0 Å². The molecule has 2 aliphatic carbocycles. The third kappa shape index (κ3) is 2.58. The van der Waals surface area contributed by atoms with Crippen molar-refractivity contribution in [2.75, 3.05) is 0 Å². The molecular weight excluding hydrogens is 321 g/mol. The number of hydrogen-bond donors (Lipinski definition) is 0. The van der Waals surface area contributed by atoms with E-state index in [-0.39, 0.29) is 0 Å². The third-order valence-electron chi connectivity index (χ3n) is 5.60. The summed E-state index contributed by atoms with van der Waals surface area (Å²) in [5, 5.41) is 0. The van der Waals surface area contributed by atoms with Gasteiger partial charge in [0.1, 0.15) is 7.85 Å². The van der Waals surface area contributed by atoms with Crippen molar-refractivity contribution in [1.82, 2.24) is 0 Å². The van der Waals surface area contributed by atoms with E-state index < -0.39 is 0 Å². The summed E-state index contributed by atoms with van der Waals surface area (Å²) in [4.78, 5) is 7.50. The number of rotatable bonds is 2. The summed E-state index contributed by atoms with van der Waals surface area (Å²) in [5.41, 5.74) is 4.78. The first-order valence-electron chi connectivity index (χ1n) is 8.88. The van der Waals surface area contributed by atoms with Crippen LogP contribution in [0.5, 0.6) is 0 Å². The van der Waals surface area contributed by atoms with Crippen LogP contribution >= 0.6 is 11.3 Å². The van der Waals surface area contributed by atoms with Crippen molar-refractivity contribution in [3.05, 3.63) is 77.2 Å². The van der Waals surface area contributed by atoms with E-state index in [9.17, 15) is 0 Å². The predicted molar refractivity (Wildman–Crippen MR) is 108 cm³/mol. The highest BCUT2D eigenvalue weighted by molar-refractivity contribution is 7.16. The van der Waals surface area contributed by atoms with E-state index in [1.165, 1.54) is 39.4 Å². The number of allylic oxidation sites excluding steroid dienone is 5. The molecule has 0 N–H and O–H groups in total. The van der Waals surface area contributed by atoms with Gasteiger partial charge in [-0.25, -0.2) is 0 Å². The molecule has 1 nitrogen and oxygen atoms in total. The zero-order valence-corrected chi connectivity index (χ0v) is 14.7. The first kappa shape index (κ1) is 15.2. The summed E-state index contributed by atoms with van der Waals surface area (Å²) in [6, 6.07) is 15.1. The highest BCUT2D eigenvalue weighted by Crippen LogP contribution is 2.50. The van der Waals surface area contributed by atoms with Crippen LogP contribution in [-0.4, -0.2) is 13.6 Å². The van der Waals surface area contributed by atoms with E-state index in [2.05, 4.69) is 60.8 Å². The lowest BCUT2D eigenvalue weighted by Crippen LogP contribution is -2.25. The quantitative estimate of drug-likeness (QED) is 0.643. The molecule has 3 heteroatoms. The Bertz CT molecular complexity index is 932. The molecule has 1 fully saturated rings. The summed E-state index contributed by atoms with van der Waals surface area (Å²) >= 11 is 1.88. The van der Waals surface area contributed by atoms with Crippen molar-refractivity contribution in [2.45, 2.75) is 12.8 Å². The lowest BCUT2D eigenvalue weighted by molar-refractivity contribution is 0.532. The topological polar surface area (TPSA) is 12.4 Å². The average Bonchev–Trinajstić information content (AvgIpc) is 3.25. The Kier molecular flexibility index (Phi) is 3.63. The minimum Gasteiger partial charge on any atom is -0.261 e. The van der Waals surface area contributed by atoms with Crippen molar-refractivity contribution in [3.63, 3.8) is 0 Å². The van der Waals surface area contributed by atoms with Crippen LogP contribution in [0, 0.1) is 17.8 Å². The van der Waals surface area contributed by atoms with E-state index in [4.69, 9.17) is 12.8 Å². The van der Waals surface area contributed by atoms with Gasteiger partial charge in [0.25, 0.3) is 0 Å². The molecule has 2 radical (unpaired) electrons. The Morgan fingerprint density at radius 2 is 1.80 bits per heavy atom. The van der Waals surface area contributed by atoms with Crippen LogP contribution in [0.25, 0.3) is 16.0 Å². The fraction of sp³-hybridized carbons (Fsp3) is 0.227. The molecule has 5 rings (SSSR count). The minimum atomic E-state index is 0.486. The molecule has 2 heterocycles. The standard InChI is InChI=1S/C22H18BNS/c23-16-7-9-19-22-15(12-16)6-8-17(22)18(13-24-19)21-11-10-20(25-21)14-4-2-1-3-5-14/h1-5,7,9-13,15,17,22H,6,8H2. The zero-order chi connectivity index (χ0) is 16.8. The Hall–Kier alpha value is -2.13. The molecule has 1 saturated carbocycles. The van der Waals surface area contributed by atoms with Crippen LogP contribution in [-0.2, 0) is 0 Å². The second kappa shape index (κ2) is 6.00. The number of thiophene rings is 1. The largest absolute Gasteiger partial charge is 0.261 e. The van der Waals surface area contributed by atoms with Crippen LogP contribution in [0.4, 0.5) is 0 Å². The molecule has 3 unspecified atom stereocenters. The summed E-state index contributed by atoms with van der Waals surface area (Å²) in [5.74, 6) is 1.57. The van der Waals surface area contributed by atoms with E-state index >= 15 is 0 Å². The van der Waals surface area contributed by atoms with Gasteiger partial charge in [-0.15, -0.1) is 16.8 Å². The second-order valence-corrected chi connectivity index (χ2v) is 8.13. The van der Waals surface area contributed by atoms with Gasteiger partial charge in [0.2, 0.25) is 0 Å². The van der Waals surface area contributed by atoms with Gasteiger partial charge in [-0.2, -0.15) is 0 Å². The van der Waals surface area contributed by atoms with Crippen LogP contribution in [0.2, 0.25) is 0 Å². The van der Waals surface area contributed by atoms with Gasteiger partial charge >= 0.3 is 0 Å². The molecule has 0 amide bonds. The number of aliphatic imine (C=N–C) groups is 1. The van der Waals surface area contributed by atoms with Crippen LogP contribution < -0.4 is 0 Å². The molecule has 0 spiro atoms. The molecule has 2 aromatic rings. The smallest absolute Gasteiger partial charge is 0.113 e. The molecule has 0 saturated heterocycles. The Balaban J connectivity index is 1.52. The van der Waals surface area contributed by atoms with Crippen molar-refractivity contribution < 1.29 is 0 Å². The van der Waals surface area contributed by atoms with Gasteiger partial charge in [-0.05, 0) is 54.0 Å². The van der Waals surface area contributed by atoms with Gasteiger partial charge < -0.3 is 0 Å². The van der Waals surface area contributed by atoms with Gasteiger partial charge in [0, 0.05) is 27.6 Å². The number of nitrogens with zero attached hydrogens (tertiary/aromatic N) is 1. The third-order valence-corrected chi connectivity index (χ3v) is 6.78. The average molecular weight is 339 g/mol. The maximum Gasteiger partial charge on any atom is 0.113 e. The van der Waals surface area contributed by atoms with Crippen LogP contribution in [0.1, 0.15) is 17.7 Å². The van der Waals surface area contributed by atoms with Crippen molar-refractivity contribution >= 4 is 30.5 Å². The molecule has 1 aliphatic heterocycles. The van der Waals surface area contributed by atoms with Gasteiger partial charge in [-0.3, -0.25) is 4.99 Å². The van der Waals surface area contributed by atoms with E-state index in [1.807, 2.05) is 17.4 Å². The van der Waals surface area contributed by atoms with E-state index in [0.717, 1.165) is 5.47 Å². The molecular formula is C22H18BNS. The summed E-state index contributed by atoms with van der Waals surface area (Å²) in [7, 11) is 6.09. The van der Waals surface area contributed by atoms with Gasteiger partial charge in [-0.1, -0.05) is 42.5 Å². The minimum absolute atomic E-state index is 0.486. The molecule has 1 aromatic heterocycles. The molecule has 120 valence electrons. The van der Waals surface area contributed by atoms with Gasteiger partial charge in [0.15, 0.2) is 0 Å². The summed E-state index contributed by atoms with van der Waals surface area (Å²) in [6.07, 6.45) is 10.9. The van der Waals surface area contributed by atoms with Gasteiger partial charge in [0.05, 0.1) is 0 Å². The Morgan fingerprint density at radius 1 is 0.960 bits per heavy atom. The lowest BCUT2D eigenvalue weighted by atomic mass is 9.79. The maximum absolute atomic E-state index is 6.09. The summed E-state index contributed by atoms with van der Waals surface area (Å²) in [6.45, 7) is 0. The predicted octanol–water partition coefficient (Wildman–Crippen LogP) is 5.48. The van der Waals surface area contributed by atoms with Crippen LogP contribution in [0.15, 0.2) is 77.4 Å². The monoisotopic (exact) mass is 339 g/mol.